The second-order valence-electron chi connectivity index (χ2n) is 4.37. The summed E-state index contributed by atoms with van der Waals surface area (Å²) in [5.74, 6) is 0. The summed E-state index contributed by atoms with van der Waals surface area (Å²) in [5, 5.41) is 0. The van der Waals surface area contributed by atoms with Crippen molar-refractivity contribution in [1.82, 2.24) is 0 Å². The molecule has 0 aromatic rings. The number of ether oxygens (including phenoxy) is 1. The molecule has 1 rings (SSSR count). The minimum absolute atomic E-state index is 0.318. The fourth-order valence-electron chi connectivity index (χ4n) is 1.10. The Morgan fingerprint density at radius 1 is 1.20 bits per heavy atom. The van der Waals surface area contributed by atoms with Crippen LogP contribution in [0.15, 0.2) is 0 Å². The molecule has 0 unspecified atom stereocenters. The maximum atomic E-state index is 9.60. The lowest BCUT2D eigenvalue weighted by Crippen LogP contribution is -2.17. The molecule has 0 saturated heterocycles. The zero-order valence-corrected chi connectivity index (χ0v) is 10.5. The molecule has 0 radical (unpaired) electrons. The molecule has 1 fully saturated rings. The average Bonchev–Trinajstić information content (AvgIpc) is 2.58. The zero-order chi connectivity index (χ0) is 12.3. The molecule has 4 nitrogen and oxygen atoms in total. The van der Waals surface area contributed by atoms with Gasteiger partial charge < -0.3 is 16.2 Å². The topological polar surface area (TPSA) is 78.3 Å². The first-order valence-electron chi connectivity index (χ1n) is 5.40. The van der Waals surface area contributed by atoms with Gasteiger partial charge in [-0.1, -0.05) is 12.8 Å². The fraction of sp³-hybridized carbons (Fsp3) is 0.909. The lowest BCUT2D eigenvalue weighted by Gasteiger charge is -2.14. The van der Waals surface area contributed by atoms with Crippen molar-refractivity contribution < 1.29 is 9.53 Å². The lowest BCUT2D eigenvalue weighted by molar-refractivity contribution is -0.138. The van der Waals surface area contributed by atoms with Gasteiger partial charge in [0, 0.05) is 6.04 Å². The first-order chi connectivity index (χ1) is 6.95. The molecular weight excluding hydrogens is 192 g/mol. The number of hydrogen-bond acceptors (Lipinski definition) is 4. The van der Waals surface area contributed by atoms with Gasteiger partial charge >= 0.3 is 0 Å². The summed E-state index contributed by atoms with van der Waals surface area (Å²) in [6.07, 6.45) is 5.25. The van der Waals surface area contributed by atoms with Crippen LogP contribution in [0.1, 0.15) is 46.5 Å². The largest absolute Gasteiger partial charge is 0.462 e. The monoisotopic (exact) mass is 218 g/mol. The maximum absolute atomic E-state index is 9.60. The zero-order valence-electron chi connectivity index (χ0n) is 10.5. The van der Waals surface area contributed by atoms with Crippen LogP contribution in [-0.2, 0) is 9.53 Å². The predicted octanol–water partition coefficient (Wildman–Crippen LogP) is 1.42. The fourth-order valence-corrected chi connectivity index (χ4v) is 1.10. The number of carbonyl (C=O) groups is 1. The molecule has 0 bridgehead atoms. The van der Waals surface area contributed by atoms with Crippen molar-refractivity contribution in [1.29, 1.82) is 0 Å². The predicted molar refractivity (Wildman–Crippen MR) is 63.5 cm³/mol. The van der Waals surface area contributed by atoms with Gasteiger partial charge in [-0.3, -0.25) is 4.79 Å². The van der Waals surface area contributed by atoms with E-state index in [1.54, 1.807) is 0 Å². The smallest absolute Gasteiger partial charge is 0.293 e. The summed E-state index contributed by atoms with van der Waals surface area (Å²) in [6.45, 7) is 5.92. The van der Waals surface area contributed by atoms with E-state index in [1.165, 1.54) is 32.7 Å². The van der Waals surface area contributed by atoms with Crippen molar-refractivity contribution >= 4 is 6.47 Å². The van der Waals surface area contributed by atoms with Gasteiger partial charge in [0.15, 0.2) is 0 Å². The van der Waals surface area contributed by atoms with E-state index in [0.29, 0.717) is 12.5 Å². The molecule has 4 N–H and O–H groups in total. The third kappa shape index (κ3) is 16.1. The van der Waals surface area contributed by atoms with E-state index < -0.39 is 0 Å². The summed E-state index contributed by atoms with van der Waals surface area (Å²) in [6, 6.07) is 0.546. The van der Waals surface area contributed by atoms with E-state index in [1.807, 2.05) is 20.8 Å². The summed E-state index contributed by atoms with van der Waals surface area (Å²) in [5.41, 5.74) is 9.72. The highest BCUT2D eigenvalue weighted by molar-refractivity contribution is 5.37. The van der Waals surface area contributed by atoms with Gasteiger partial charge in [0.2, 0.25) is 0 Å². The molecule has 0 heterocycles. The Labute approximate surface area is 93.3 Å². The number of nitrogens with two attached hydrogens (primary N) is 2. The second-order valence-corrected chi connectivity index (χ2v) is 4.37. The molecule has 92 valence electrons. The molecule has 1 saturated carbocycles. The summed E-state index contributed by atoms with van der Waals surface area (Å²) < 4.78 is 4.55. The standard InChI is InChI=1S/C5H11N.C5H10O2.CH5N/c6-5-3-1-2-4-5;1-5(2,3)7-4-6;1-2/h5H,1-4,6H2;4H,1-3H3;2H2,1H3. The van der Waals surface area contributed by atoms with Crippen LogP contribution in [-0.4, -0.2) is 25.2 Å². The van der Waals surface area contributed by atoms with Gasteiger partial charge in [0.05, 0.1) is 0 Å². The molecule has 0 amide bonds. The molecule has 0 aliphatic heterocycles. The van der Waals surface area contributed by atoms with E-state index >= 15 is 0 Å². The van der Waals surface area contributed by atoms with Crippen LogP contribution in [0.5, 0.6) is 0 Å². The average molecular weight is 218 g/mol. The summed E-state index contributed by atoms with van der Waals surface area (Å²) in [4.78, 5) is 9.60. The first kappa shape index (κ1) is 16.8. The Balaban J connectivity index is 0. The molecule has 0 spiro atoms. The van der Waals surface area contributed by atoms with E-state index in [-0.39, 0.29) is 5.60 Å². The van der Waals surface area contributed by atoms with Crippen LogP contribution in [0, 0.1) is 0 Å². The molecule has 0 aromatic carbocycles. The number of carbonyl (C=O) groups excluding carboxylic acids is 1. The van der Waals surface area contributed by atoms with Gasteiger partial charge in [0.25, 0.3) is 6.47 Å². The van der Waals surface area contributed by atoms with Crippen molar-refractivity contribution in [2.24, 2.45) is 11.5 Å². The number of hydrogen-bond donors (Lipinski definition) is 2. The van der Waals surface area contributed by atoms with Gasteiger partial charge in [0.1, 0.15) is 5.60 Å². The van der Waals surface area contributed by atoms with Crippen molar-refractivity contribution in [3.05, 3.63) is 0 Å². The quantitative estimate of drug-likeness (QED) is 0.652. The van der Waals surface area contributed by atoms with Gasteiger partial charge in [-0.25, -0.2) is 0 Å². The highest BCUT2D eigenvalue weighted by atomic mass is 16.5. The number of rotatable bonds is 1. The molecule has 0 aromatic heterocycles. The van der Waals surface area contributed by atoms with Crippen molar-refractivity contribution in [2.45, 2.75) is 58.1 Å². The SMILES string of the molecule is CC(C)(C)OC=O.CN.NC1CCCC1. The van der Waals surface area contributed by atoms with Crippen LogP contribution in [0.4, 0.5) is 0 Å². The lowest BCUT2D eigenvalue weighted by atomic mass is 10.2. The van der Waals surface area contributed by atoms with Gasteiger partial charge in [-0.15, -0.1) is 0 Å². The highest BCUT2D eigenvalue weighted by Crippen LogP contribution is 2.14. The van der Waals surface area contributed by atoms with Crippen molar-refractivity contribution in [3.8, 4) is 0 Å². The summed E-state index contributed by atoms with van der Waals surface area (Å²) >= 11 is 0. The normalized spacial score (nSPS) is 15.6. The molecule has 0 atom stereocenters. The van der Waals surface area contributed by atoms with E-state index in [4.69, 9.17) is 5.73 Å². The van der Waals surface area contributed by atoms with E-state index in [0.717, 1.165) is 0 Å². The van der Waals surface area contributed by atoms with Crippen molar-refractivity contribution in [3.63, 3.8) is 0 Å². The van der Waals surface area contributed by atoms with Crippen LogP contribution < -0.4 is 11.5 Å². The van der Waals surface area contributed by atoms with Gasteiger partial charge in [-0.05, 0) is 40.7 Å². The Morgan fingerprint density at radius 3 is 1.67 bits per heavy atom. The Kier molecular flexibility index (Phi) is 11.1. The molecule has 1 aliphatic rings. The van der Waals surface area contributed by atoms with Crippen LogP contribution in [0.3, 0.4) is 0 Å². The summed E-state index contributed by atoms with van der Waals surface area (Å²) in [7, 11) is 1.50. The minimum atomic E-state index is -0.318. The molecule has 1 aliphatic carbocycles. The Morgan fingerprint density at radius 2 is 1.60 bits per heavy atom. The second kappa shape index (κ2) is 9.93. The maximum Gasteiger partial charge on any atom is 0.293 e. The minimum Gasteiger partial charge on any atom is -0.462 e. The van der Waals surface area contributed by atoms with Crippen molar-refractivity contribution in [2.75, 3.05) is 7.05 Å². The van der Waals surface area contributed by atoms with E-state index in [9.17, 15) is 4.79 Å². The molecule has 4 heteroatoms. The third-order valence-corrected chi connectivity index (χ3v) is 1.80. The van der Waals surface area contributed by atoms with Gasteiger partial charge in [-0.2, -0.15) is 0 Å². The Hall–Kier alpha value is -0.610. The van der Waals surface area contributed by atoms with Crippen LogP contribution in [0.2, 0.25) is 0 Å². The van der Waals surface area contributed by atoms with Crippen LogP contribution in [0.25, 0.3) is 0 Å². The Bertz CT molecular complexity index is 138. The van der Waals surface area contributed by atoms with E-state index in [2.05, 4.69) is 10.5 Å². The molecule has 15 heavy (non-hydrogen) atoms. The highest BCUT2D eigenvalue weighted by Gasteiger charge is 2.08. The first-order valence-corrected chi connectivity index (χ1v) is 5.40. The third-order valence-electron chi connectivity index (χ3n) is 1.80. The molecular formula is C11H26N2O2. The van der Waals surface area contributed by atoms with Crippen LogP contribution >= 0.6 is 0 Å².